The quantitative estimate of drug-likeness (QED) is 0.771. The Labute approximate surface area is 140 Å². The van der Waals surface area contributed by atoms with Gasteiger partial charge in [-0.15, -0.1) is 0 Å². The van der Waals surface area contributed by atoms with Gasteiger partial charge in [0, 0.05) is 6.04 Å². The molecule has 1 atom stereocenters. The van der Waals surface area contributed by atoms with Crippen LogP contribution in [-0.4, -0.2) is 37.7 Å². The van der Waals surface area contributed by atoms with E-state index in [1.807, 2.05) is 6.92 Å². The Morgan fingerprint density at radius 3 is 2.65 bits per heavy atom. The predicted octanol–water partition coefficient (Wildman–Crippen LogP) is 2.57. The van der Waals surface area contributed by atoms with Gasteiger partial charge in [-0.3, -0.25) is 4.79 Å². The Bertz CT molecular complexity index is 600. The van der Waals surface area contributed by atoms with E-state index in [4.69, 9.17) is 25.8 Å². The summed E-state index contributed by atoms with van der Waals surface area (Å²) in [6, 6.07) is 3.12. The molecule has 6 nitrogen and oxygen atoms in total. The third-order valence-electron chi connectivity index (χ3n) is 3.33. The molecule has 0 unspecified atom stereocenters. The van der Waals surface area contributed by atoms with Crippen molar-refractivity contribution in [3.8, 4) is 11.5 Å². The number of rotatable bonds is 7. The molecule has 1 aliphatic rings. The van der Waals surface area contributed by atoms with E-state index >= 15 is 0 Å². The van der Waals surface area contributed by atoms with Gasteiger partial charge >= 0.3 is 5.97 Å². The summed E-state index contributed by atoms with van der Waals surface area (Å²) in [6.45, 7) is 3.76. The maximum atomic E-state index is 12.2. The van der Waals surface area contributed by atoms with Crippen LogP contribution in [0, 0.1) is 0 Å². The molecule has 1 saturated carbocycles. The Balaban J connectivity index is 2.08. The van der Waals surface area contributed by atoms with Crippen molar-refractivity contribution in [1.29, 1.82) is 0 Å². The number of methoxy groups -OCH3 is 1. The summed E-state index contributed by atoms with van der Waals surface area (Å²) in [7, 11) is 1.45. The molecule has 0 radical (unpaired) electrons. The van der Waals surface area contributed by atoms with Gasteiger partial charge in [-0.05, 0) is 38.8 Å². The lowest BCUT2D eigenvalue weighted by Gasteiger charge is -2.15. The van der Waals surface area contributed by atoms with Gasteiger partial charge in [-0.2, -0.15) is 0 Å². The van der Waals surface area contributed by atoms with E-state index in [-0.39, 0.29) is 22.5 Å². The summed E-state index contributed by atoms with van der Waals surface area (Å²) >= 11 is 6.12. The Morgan fingerprint density at radius 2 is 2.09 bits per heavy atom. The first kappa shape index (κ1) is 17.4. The van der Waals surface area contributed by atoms with Crippen molar-refractivity contribution in [3.63, 3.8) is 0 Å². The van der Waals surface area contributed by atoms with Crippen LogP contribution >= 0.6 is 11.6 Å². The zero-order valence-corrected chi connectivity index (χ0v) is 14.1. The highest BCUT2D eigenvalue weighted by molar-refractivity contribution is 6.32. The van der Waals surface area contributed by atoms with E-state index in [1.165, 1.54) is 26.2 Å². The number of benzene rings is 1. The van der Waals surface area contributed by atoms with Crippen LogP contribution in [0.15, 0.2) is 12.1 Å². The molecule has 2 rings (SSSR count). The highest BCUT2D eigenvalue weighted by Gasteiger charge is 2.27. The molecule has 1 amide bonds. The summed E-state index contributed by atoms with van der Waals surface area (Å²) in [4.78, 5) is 24.0. The fourth-order valence-electron chi connectivity index (χ4n) is 1.95. The number of nitrogens with one attached hydrogen (secondary N) is 1. The third kappa shape index (κ3) is 4.51. The second-order valence-corrected chi connectivity index (χ2v) is 5.66. The minimum Gasteiger partial charge on any atom is -0.493 e. The second-order valence-electron chi connectivity index (χ2n) is 5.25. The van der Waals surface area contributed by atoms with E-state index in [1.54, 1.807) is 0 Å². The van der Waals surface area contributed by atoms with E-state index in [9.17, 15) is 9.59 Å². The number of carbonyl (C=O) groups excluding carboxylic acids is 2. The van der Waals surface area contributed by atoms with Crippen molar-refractivity contribution >= 4 is 23.5 Å². The molecule has 7 heteroatoms. The highest BCUT2D eigenvalue weighted by Crippen LogP contribution is 2.36. The lowest BCUT2D eigenvalue weighted by atomic mass is 10.2. The molecule has 1 aromatic carbocycles. The zero-order chi connectivity index (χ0) is 17.0. The summed E-state index contributed by atoms with van der Waals surface area (Å²) in [6.07, 6.45) is 1.07. The molecule has 0 spiro atoms. The molecule has 0 aromatic heterocycles. The van der Waals surface area contributed by atoms with E-state index in [0.717, 1.165) is 12.8 Å². The fourth-order valence-corrected chi connectivity index (χ4v) is 2.22. The number of halogens is 1. The average Bonchev–Trinajstić information content (AvgIpc) is 3.32. The average molecular weight is 342 g/mol. The summed E-state index contributed by atoms with van der Waals surface area (Å²) in [5, 5.41) is 3.03. The Hall–Kier alpha value is -1.95. The molecule has 1 fully saturated rings. The second kappa shape index (κ2) is 7.55. The molecule has 126 valence electrons. The molecule has 1 aliphatic carbocycles. The fraction of sp³-hybridized carbons (Fsp3) is 0.500. The number of carbonyl (C=O) groups is 2. The molecule has 0 heterocycles. The van der Waals surface area contributed by atoms with E-state index < -0.39 is 12.1 Å². The molecule has 23 heavy (non-hydrogen) atoms. The third-order valence-corrected chi connectivity index (χ3v) is 3.61. The van der Waals surface area contributed by atoms with Crippen LogP contribution < -0.4 is 14.8 Å². The molecule has 0 bridgehead atoms. The summed E-state index contributed by atoms with van der Waals surface area (Å²) in [5.41, 5.74) is 0.196. The smallest absolute Gasteiger partial charge is 0.339 e. The standard InChI is InChI=1S/C16H20ClNO5/c1-4-22-14-12(17)7-10(8-13(14)21-3)16(20)23-9(2)15(19)18-11-5-6-11/h7-9,11H,4-6H2,1-3H3,(H,18,19)/t9-/m0/s1. The van der Waals surface area contributed by atoms with Crippen LogP contribution in [-0.2, 0) is 9.53 Å². The first-order valence-corrected chi connectivity index (χ1v) is 7.85. The molecular weight excluding hydrogens is 322 g/mol. The minimum atomic E-state index is -0.876. The van der Waals surface area contributed by atoms with Crippen LogP contribution in [0.25, 0.3) is 0 Å². The zero-order valence-electron chi connectivity index (χ0n) is 13.3. The van der Waals surface area contributed by atoms with Gasteiger partial charge in [-0.25, -0.2) is 4.79 Å². The van der Waals surface area contributed by atoms with Crippen molar-refractivity contribution in [2.75, 3.05) is 13.7 Å². The number of amides is 1. The highest BCUT2D eigenvalue weighted by atomic mass is 35.5. The molecule has 0 aliphatic heterocycles. The Kier molecular flexibility index (Phi) is 5.71. The normalized spacial score (nSPS) is 14.8. The van der Waals surface area contributed by atoms with Gasteiger partial charge in [0.1, 0.15) is 0 Å². The monoisotopic (exact) mass is 341 g/mol. The van der Waals surface area contributed by atoms with Gasteiger partial charge in [0.2, 0.25) is 0 Å². The van der Waals surface area contributed by atoms with Gasteiger partial charge in [-0.1, -0.05) is 11.6 Å². The maximum absolute atomic E-state index is 12.2. The van der Waals surface area contributed by atoms with E-state index in [2.05, 4.69) is 5.32 Å². The minimum absolute atomic E-state index is 0.196. The van der Waals surface area contributed by atoms with Gasteiger partial charge < -0.3 is 19.5 Å². The van der Waals surface area contributed by atoms with Crippen molar-refractivity contribution in [2.45, 2.75) is 38.8 Å². The number of hydrogen-bond donors (Lipinski definition) is 1. The molecule has 1 N–H and O–H groups in total. The van der Waals surface area contributed by atoms with Gasteiger partial charge in [0.25, 0.3) is 5.91 Å². The number of esters is 1. The largest absolute Gasteiger partial charge is 0.493 e. The number of hydrogen-bond acceptors (Lipinski definition) is 5. The van der Waals surface area contributed by atoms with Gasteiger partial charge in [0.05, 0.1) is 24.3 Å². The van der Waals surface area contributed by atoms with Crippen LogP contribution in [0.3, 0.4) is 0 Å². The van der Waals surface area contributed by atoms with Crippen molar-refractivity contribution in [3.05, 3.63) is 22.7 Å². The summed E-state index contributed by atoms with van der Waals surface area (Å²) < 4.78 is 15.8. The van der Waals surface area contributed by atoms with Crippen LogP contribution in [0.1, 0.15) is 37.0 Å². The number of ether oxygens (including phenoxy) is 3. The van der Waals surface area contributed by atoms with Crippen molar-refractivity contribution in [2.24, 2.45) is 0 Å². The lowest BCUT2D eigenvalue weighted by Crippen LogP contribution is -2.37. The molecule has 0 saturated heterocycles. The van der Waals surface area contributed by atoms with Gasteiger partial charge in [0.15, 0.2) is 17.6 Å². The predicted molar refractivity (Wildman–Crippen MR) is 85.2 cm³/mol. The summed E-state index contributed by atoms with van der Waals surface area (Å²) in [5.74, 6) is -0.245. The first-order chi connectivity index (χ1) is 11.0. The Morgan fingerprint density at radius 1 is 1.39 bits per heavy atom. The maximum Gasteiger partial charge on any atom is 0.339 e. The first-order valence-electron chi connectivity index (χ1n) is 7.48. The van der Waals surface area contributed by atoms with Crippen molar-refractivity contribution in [1.82, 2.24) is 5.32 Å². The topological polar surface area (TPSA) is 73.9 Å². The SMILES string of the molecule is CCOc1c(Cl)cc(C(=O)O[C@@H](C)C(=O)NC2CC2)cc1OC. The molecular formula is C16H20ClNO5. The van der Waals surface area contributed by atoms with Crippen LogP contribution in [0.4, 0.5) is 0 Å². The van der Waals surface area contributed by atoms with E-state index in [0.29, 0.717) is 18.1 Å². The van der Waals surface area contributed by atoms with Crippen LogP contribution in [0.2, 0.25) is 5.02 Å². The molecule has 1 aromatic rings. The lowest BCUT2D eigenvalue weighted by molar-refractivity contribution is -0.129. The van der Waals surface area contributed by atoms with Crippen molar-refractivity contribution < 1.29 is 23.8 Å². The van der Waals surface area contributed by atoms with Crippen LogP contribution in [0.5, 0.6) is 11.5 Å².